The average Bonchev–Trinajstić information content (AvgIpc) is 3.47. The van der Waals surface area contributed by atoms with Gasteiger partial charge in [0, 0.05) is 35.0 Å². The first kappa shape index (κ1) is 20.3. The van der Waals surface area contributed by atoms with Crippen molar-refractivity contribution in [2.24, 2.45) is 0 Å². The lowest BCUT2D eigenvalue weighted by molar-refractivity contribution is -0.132. The number of nitrogens with one attached hydrogen (secondary N) is 1. The number of aromatic nitrogens is 1. The van der Waals surface area contributed by atoms with Gasteiger partial charge in [0.15, 0.2) is 0 Å². The summed E-state index contributed by atoms with van der Waals surface area (Å²) in [6, 6.07) is 22.4. The van der Waals surface area contributed by atoms with E-state index in [0.29, 0.717) is 17.0 Å². The molecule has 1 aliphatic heterocycles. The summed E-state index contributed by atoms with van der Waals surface area (Å²) < 4.78 is 5.57. The Morgan fingerprint density at radius 3 is 2.24 bits per heavy atom. The van der Waals surface area contributed by atoms with Crippen LogP contribution in [0.2, 0.25) is 0 Å². The van der Waals surface area contributed by atoms with E-state index in [2.05, 4.69) is 10.3 Å². The molecular formula is C26H19N3O4. The molecule has 3 heterocycles. The molecule has 2 N–H and O–H groups in total. The van der Waals surface area contributed by atoms with Gasteiger partial charge in [-0.2, -0.15) is 0 Å². The van der Waals surface area contributed by atoms with E-state index in [9.17, 15) is 14.7 Å². The summed E-state index contributed by atoms with van der Waals surface area (Å²) in [5, 5.41) is 14.2. The van der Waals surface area contributed by atoms with Crippen LogP contribution in [0.25, 0.3) is 5.76 Å². The number of carbonyl (C=O) groups is 2. The number of anilines is 3. The van der Waals surface area contributed by atoms with Gasteiger partial charge in [-0.05, 0) is 60.7 Å². The molecule has 33 heavy (non-hydrogen) atoms. The third-order valence-electron chi connectivity index (χ3n) is 5.42. The van der Waals surface area contributed by atoms with Gasteiger partial charge in [0.25, 0.3) is 11.7 Å². The second kappa shape index (κ2) is 8.47. The lowest BCUT2D eigenvalue weighted by Gasteiger charge is -2.23. The fourth-order valence-corrected chi connectivity index (χ4v) is 3.87. The lowest BCUT2D eigenvalue weighted by Crippen LogP contribution is -2.29. The monoisotopic (exact) mass is 437 g/mol. The van der Waals surface area contributed by atoms with Gasteiger partial charge in [0.1, 0.15) is 17.6 Å². The predicted octanol–water partition coefficient (Wildman–Crippen LogP) is 5.04. The molecule has 7 heteroatoms. The largest absolute Gasteiger partial charge is 0.507 e. The second-order valence-electron chi connectivity index (χ2n) is 7.46. The fraction of sp³-hybridized carbons (Fsp3) is 0.0385. The van der Waals surface area contributed by atoms with Crippen molar-refractivity contribution in [1.29, 1.82) is 0 Å². The van der Waals surface area contributed by atoms with E-state index < -0.39 is 17.7 Å². The number of pyridine rings is 1. The zero-order valence-electron chi connectivity index (χ0n) is 17.4. The van der Waals surface area contributed by atoms with Crippen LogP contribution in [0, 0.1) is 0 Å². The molecule has 162 valence electrons. The van der Waals surface area contributed by atoms with Crippen LogP contribution in [0.5, 0.6) is 0 Å². The minimum absolute atomic E-state index is 0.0346. The molecule has 1 saturated heterocycles. The maximum Gasteiger partial charge on any atom is 0.300 e. The van der Waals surface area contributed by atoms with Gasteiger partial charge in [0.2, 0.25) is 0 Å². The van der Waals surface area contributed by atoms with Crippen LogP contribution < -0.4 is 10.2 Å². The first-order valence-corrected chi connectivity index (χ1v) is 10.3. The Bertz CT molecular complexity index is 1320. The number of benzene rings is 2. The normalized spacial score (nSPS) is 17.3. The van der Waals surface area contributed by atoms with Crippen LogP contribution in [-0.4, -0.2) is 21.8 Å². The Balaban J connectivity index is 1.55. The number of Topliss-reactive ketones (excluding diaryl/α,β-unsaturated/α-hetero) is 1. The number of para-hydroxylation sites is 1. The van der Waals surface area contributed by atoms with Crippen LogP contribution in [0.1, 0.15) is 17.4 Å². The maximum atomic E-state index is 13.1. The summed E-state index contributed by atoms with van der Waals surface area (Å²) in [7, 11) is 0. The first-order valence-electron chi connectivity index (χ1n) is 10.3. The summed E-state index contributed by atoms with van der Waals surface area (Å²) in [6.07, 6.45) is 4.48. The number of ketones is 1. The number of amides is 1. The smallest absolute Gasteiger partial charge is 0.300 e. The molecule has 1 unspecified atom stereocenters. The van der Waals surface area contributed by atoms with Crippen molar-refractivity contribution in [1.82, 2.24) is 4.98 Å². The van der Waals surface area contributed by atoms with Crippen molar-refractivity contribution in [3.05, 3.63) is 114 Å². The molecule has 2 aromatic heterocycles. The summed E-state index contributed by atoms with van der Waals surface area (Å²) in [6.45, 7) is 0. The topological polar surface area (TPSA) is 95.7 Å². The van der Waals surface area contributed by atoms with E-state index in [1.54, 1.807) is 36.4 Å². The Morgan fingerprint density at radius 1 is 0.879 bits per heavy atom. The van der Waals surface area contributed by atoms with Gasteiger partial charge in [-0.1, -0.05) is 18.2 Å². The minimum atomic E-state index is -0.902. The highest BCUT2D eigenvalue weighted by Gasteiger charge is 2.48. The summed E-state index contributed by atoms with van der Waals surface area (Å²) in [4.78, 5) is 31.4. The number of rotatable bonds is 5. The third kappa shape index (κ3) is 3.76. The number of hydrogen-bond donors (Lipinski definition) is 2. The van der Waals surface area contributed by atoms with Crippen LogP contribution >= 0.6 is 0 Å². The number of carbonyl (C=O) groups excluding carboxylic acids is 2. The van der Waals surface area contributed by atoms with Gasteiger partial charge in [0.05, 0.1) is 11.8 Å². The van der Waals surface area contributed by atoms with Crippen LogP contribution in [0.15, 0.2) is 108 Å². The molecule has 2 aromatic carbocycles. The summed E-state index contributed by atoms with van der Waals surface area (Å²) in [5.41, 5.74) is 2.62. The number of aliphatic hydroxyl groups is 1. The quantitative estimate of drug-likeness (QED) is 0.258. The highest BCUT2D eigenvalue weighted by molar-refractivity contribution is 6.51. The van der Waals surface area contributed by atoms with Crippen molar-refractivity contribution in [3.63, 3.8) is 0 Å². The number of furan rings is 1. The van der Waals surface area contributed by atoms with Crippen molar-refractivity contribution in [2.45, 2.75) is 6.04 Å². The van der Waals surface area contributed by atoms with Crippen molar-refractivity contribution in [3.8, 4) is 0 Å². The average molecular weight is 437 g/mol. The molecule has 5 rings (SSSR count). The standard InChI is InChI=1S/C26H19N3O4/c30-24(17-12-14-27-15-13-17)22-23(21-7-4-16-33-21)29(26(32)25(22)31)20-10-8-19(9-11-20)28-18-5-2-1-3-6-18/h1-16,23,28,30H/b24-22-. The van der Waals surface area contributed by atoms with Crippen LogP contribution in [-0.2, 0) is 9.59 Å². The van der Waals surface area contributed by atoms with Gasteiger partial charge >= 0.3 is 0 Å². The first-order chi connectivity index (χ1) is 16.1. The van der Waals surface area contributed by atoms with Crippen LogP contribution in [0.3, 0.4) is 0 Å². The van der Waals surface area contributed by atoms with Gasteiger partial charge in [-0.25, -0.2) is 0 Å². The van der Waals surface area contributed by atoms with E-state index in [1.807, 2.05) is 42.5 Å². The molecule has 0 radical (unpaired) electrons. The van der Waals surface area contributed by atoms with E-state index >= 15 is 0 Å². The maximum absolute atomic E-state index is 13.1. The Morgan fingerprint density at radius 2 is 1.58 bits per heavy atom. The highest BCUT2D eigenvalue weighted by atomic mass is 16.3. The number of nitrogens with zero attached hydrogens (tertiary/aromatic N) is 2. The second-order valence-corrected chi connectivity index (χ2v) is 7.46. The molecule has 7 nitrogen and oxygen atoms in total. The van der Waals surface area contributed by atoms with E-state index in [4.69, 9.17) is 4.42 Å². The van der Waals surface area contributed by atoms with Crippen molar-refractivity contribution in [2.75, 3.05) is 10.2 Å². The molecule has 1 amide bonds. The third-order valence-corrected chi connectivity index (χ3v) is 5.42. The molecule has 0 saturated carbocycles. The van der Waals surface area contributed by atoms with Crippen LogP contribution in [0.4, 0.5) is 17.1 Å². The molecule has 0 bridgehead atoms. The van der Waals surface area contributed by atoms with Crippen molar-refractivity contribution >= 4 is 34.5 Å². The zero-order valence-corrected chi connectivity index (χ0v) is 17.4. The van der Waals surface area contributed by atoms with E-state index in [1.165, 1.54) is 23.6 Å². The van der Waals surface area contributed by atoms with Gasteiger partial charge < -0.3 is 14.8 Å². The van der Waals surface area contributed by atoms with Gasteiger partial charge in [-0.15, -0.1) is 0 Å². The Hall–Kier alpha value is -4.65. The number of aliphatic hydroxyl groups excluding tert-OH is 1. The SMILES string of the molecule is O=C1C(=O)N(c2ccc(Nc3ccccc3)cc2)C(c2ccco2)/C1=C(/O)c1ccncc1. The predicted molar refractivity (Wildman–Crippen MR) is 124 cm³/mol. The highest BCUT2D eigenvalue weighted by Crippen LogP contribution is 2.42. The van der Waals surface area contributed by atoms with E-state index in [0.717, 1.165) is 11.4 Å². The molecule has 4 aromatic rings. The molecule has 1 aliphatic rings. The summed E-state index contributed by atoms with van der Waals surface area (Å²) in [5.74, 6) is -1.42. The van der Waals surface area contributed by atoms with E-state index in [-0.39, 0.29) is 11.3 Å². The van der Waals surface area contributed by atoms with Crippen molar-refractivity contribution < 1.29 is 19.1 Å². The molecule has 1 atom stereocenters. The Labute approximate surface area is 189 Å². The fourth-order valence-electron chi connectivity index (χ4n) is 3.87. The molecule has 0 aliphatic carbocycles. The molecule has 1 fully saturated rings. The minimum Gasteiger partial charge on any atom is -0.507 e. The Kier molecular flexibility index (Phi) is 5.20. The molecule has 0 spiro atoms. The zero-order chi connectivity index (χ0) is 22.8. The van der Waals surface area contributed by atoms with Gasteiger partial charge in [-0.3, -0.25) is 19.5 Å². The number of hydrogen-bond acceptors (Lipinski definition) is 6. The lowest BCUT2D eigenvalue weighted by atomic mass is 9.99. The summed E-state index contributed by atoms with van der Waals surface area (Å²) >= 11 is 0. The molecular weight excluding hydrogens is 418 g/mol.